The van der Waals surface area contributed by atoms with Crippen LogP contribution in [-0.2, 0) is 0 Å². The third kappa shape index (κ3) is 4.65. The molecule has 0 saturated carbocycles. The summed E-state index contributed by atoms with van der Waals surface area (Å²) in [6, 6.07) is 56.9. The van der Waals surface area contributed by atoms with E-state index in [0.29, 0.717) is 0 Å². The van der Waals surface area contributed by atoms with Crippen molar-refractivity contribution in [3.63, 3.8) is 0 Å². The Bertz CT molecular complexity index is 2500. The number of anilines is 6. The van der Waals surface area contributed by atoms with Crippen molar-refractivity contribution in [3.8, 4) is 0 Å². The topological polar surface area (TPSA) is 19.6 Å². The van der Waals surface area contributed by atoms with Crippen molar-refractivity contribution in [2.24, 2.45) is 0 Å². The van der Waals surface area contributed by atoms with Crippen molar-refractivity contribution in [1.82, 2.24) is 0 Å². The van der Waals surface area contributed by atoms with Crippen LogP contribution >= 0.6 is 22.9 Å². The van der Waals surface area contributed by atoms with Gasteiger partial charge in [-0.05, 0) is 72.8 Å². The van der Waals surface area contributed by atoms with Crippen LogP contribution in [0.3, 0.4) is 0 Å². The number of fused-ring (bicyclic) bond motifs is 6. The molecule has 224 valence electrons. The van der Waals surface area contributed by atoms with Crippen LogP contribution in [0, 0.1) is 0 Å². The molecule has 7 aromatic carbocycles. The first kappa shape index (κ1) is 27.7. The monoisotopic (exact) mass is 642 g/mol. The molecule has 2 heterocycles. The van der Waals surface area contributed by atoms with Crippen LogP contribution in [0.15, 0.2) is 168 Å². The van der Waals surface area contributed by atoms with E-state index in [9.17, 15) is 0 Å². The van der Waals surface area contributed by atoms with Crippen LogP contribution in [0.5, 0.6) is 0 Å². The first-order chi connectivity index (χ1) is 23.2. The number of furan rings is 1. The average Bonchev–Trinajstić information content (AvgIpc) is 3.70. The molecule has 0 radical (unpaired) electrons. The van der Waals surface area contributed by atoms with Gasteiger partial charge in [0.1, 0.15) is 5.58 Å². The van der Waals surface area contributed by atoms with E-state index in [1.54, 1.807) is 11.3 Å². The quantitative estimate of drug-likeness (QED) is 0.180. The Labute approximate surface area is 281 Å². The zero-order chi connectivity index (χ0) is 31.3. The third-order valence-corrected chi connectivity index (χ3v) is 10.2. The van der Waals surface area contributed by atoms with Gasteiger partial charge in [-0.3, -0.25) is 0 Å². The van der Waals surface area contributed by atoms with E-state index in [-0.39, 0.29) is 0 Å². The van der Waals surface area contributed by atoms with Gasteiger partial charge in [-0.1, -0.05) is 96.5 Å². The number of halogens is 1. The Kier molecular flexibility index (Phi) is 6.70. The van der Waals surface area contributed by atoms with Crippen LogP contribution in [0.4, 0.5) is 34.1 Å². The number of nitrogens with zero attached hydrogens (tertiary/aromatic N) is 2. The first-order valence-corrected chi connectivity index (χ1v) is 16.7. The van der Waals surface area contributed by atoms with Gasteiger partial charge < -0.3 is 14.2 Å². The summed E-state index contributed by atoms with van der Waals surface area (Å²) in [6.45, 7) is 0. The number of benzene rings is 7. The lowest BCUT2D eigenvalue weighted by Crippen LogP contribution is -2.10. The Morgan fingerprint density at radius 1 is 0.447 bits per heavy atom. The molecule has 2 aromatic heterocycles. The molecule has 0 fully saturated rings. The summed E-state index contributed by atoms with van der Waals surface area (Å²) < 4.78 is 9.22. The van der Waals surface area contributed by atoms with Crippen molar-refractivity contribution in [2.45, 2.75) is 0 Å². The molecule has 5 heteroatoms. The highest BCUT2D eigenvalue weighted by molar-refractivity contribution is 7.26. The SMILES string of the molecule is Clc1c(N(c2ccccc2)c2ccc3c(c2)oc2c(N(c4ccccc4)c4ccccc4)cccc23)ccc2sc3ccccc3c12. The lowest BCUT2D eigenvalue weighted by molar-refractivity contribution is 0.669. The Balaban J connectivity index is 1.24. The molecule has 0 amide bonds. The maximum atomic E-state index is 7.35. The zero-order valence-electron chi connectivity index (χ0n) is 25.2. The summed E-state index contributed by atoms with van der Waals surface area (Å²) >= 11 is 9.12. The van der Waals surface area contributed by atoms with E-state index in [4.69, 9.17) is 16.0 Å². The summed E-state index contributed by atoms with van der Waals surface area (Å²) in [5.74, 6) is 0. The van der Waals surface area contributed by atoms with E-state index in [0.717, 1.165) is 66.5 Å². The third-order valence-electron chi connectivity index (χ3n) is 8.70. The molecule has 0 spiro atoms. The van der Waals surface area contributed by atoms with Gasteiger partial charge in [0.05, 0.1) is 16.4 Å². The lowest BCUT2D eigenvalue weighted by Gasteiger charge is -2.26. The molecule has 0 atom stereocenters. The summed E-state index contributed by atoms with van der Waals surface area (Å²) in [6.07, 6.45) is 0. The Hall–Kier alpha value is -5.55. The van der Waals surface area contributed by atoms with Crippen LogP contribution < -0.4 is 9.80 Å². The highest BCUT2D eigenvalue weighted by Gasteiger charge is 2.22. The van der Waals surface area contributed by atoms with Gasteiger partial charge in [0.2, 0.25) is 0 Å². The van der Waals surface area contributed by atoms with Gasteiger partial charge in [-0.2, -0.15) is 0 Å². The fraction of sp³-hybridized carbons (Fsp3) is 0. The number of para-hydroxylation sites is 4. The van der Waals surface area contributed by atoms with Crippen molar-refractivity contribution < 1.29 is 4.42 Å². The van der Waals surface area contributed by atoms with Crippen LogP contribution in [0.1, 0.15) is 0 Å². The fourth-order valence-corrected chi connectivity index (χ4v) is 8.13. The van der Waals surface area contributed by atoms with Crippen LogP contribution in [-0.4, -0.2) is 0 Å². The van der Waals surface area contributed by atoms with Crippen molar-refractivity contribution in [3.05, 3.63) is 169 Å². The molecule has 0 aliphatic carbocycles. The van der Waals surface area contributed by atoms with Gasteiger partial charge in [-0.15, -0.1) is 11.3 Å². The molecular weight excluding hydrogens is 616 g/mol. The van der Waals surface area contributed by atoms with Crippen molar-refractivity contribution in [1.29, 1.82) is 0 Å². The van der Waals surface area contributed by atoms with Gasteiger partial charge in [0, 0.05) is 59.8 Å². The van der Waals surface area contributed by atoms with Crippen molar-refractivity contribution in [2.75, 3.05) is 9.80 Å². The maximum Gasteiger partial charge on any atom is 0.159 e. The van der Waals surface area contributed by atoms with E-state index in [2.05, 4.69) is 155 Å². The fourth-order valence-electron chi connectivity index (χ4n) is 6.61. The van der Waals surface area contributed by atoms with E-state index in [1.165, 1.54) is 14.8 Å². The summed E-state index contributed by atoms with van der Waals surface area (Å²) in [4.78, 5) is 4.48. The second kappa shape index (κ2) is 11.4. The average molecular weight is 643 g/mol. The minimum Gasteiger partial charge on any atom is -0.454 e. The molecular formula is C42H27ClN2OS. The largest absolute Gasteiger partial charge is 0.454 e. The predicted octanol–water partition coefficient (Wildman–Crippen LogP) is 13.5. The molecule has 9 rings (SSSR count). The second-order valence-corrected chi connectivity index (χ2v) is 12.9. The molecule has 0 aliphatic rings. The standard InChI is InChI=1S/C42H27ClN2OS/c43-41-35(25-26-39-40(41)34-19-10-11-22-38(34)47-39)45(30-17-8-3-9-18-30)31-23-24-32-33-20-12-21-36(42(33)46-37(32)27-31)44(28-13-4-1-5-14-28)29-15-6-2-7-16-29/h1-27H. The summed E-state index contributed by atoms with van der Waals surface area (Å²) in [5, 5.41) is 5.12. The smallest absolute Gasteiger partial charge is 0.159 e. The number of hydrogen-bond donors (Lipinski definition) is 0. The minimum absolute atomic E-state index is 0.733. The van der Waals surface area contributed by atoms with Crippen LogP contribution in [0.25, 0.3) is 42.1 Å². The first-order valence-electron chi connectivity index (χ1n) is 15.5. The molecule has 0 N–H and O–H groups in total. The molecule has 9 aromatic rings. The van der Waals surface area contributed by atoms with Gasteiger partial charge in [0.25, 0.3) is 0 Å². The molecule has 3 nitrogen and oxygen atoms in total. The highest BCUT2D eigenvalue weighted by atomic mass is 35.5. The summed E-state index contributed by atoms with van der Waals surface area (Å²) in [7, 11) is 0. The normalized spacial score (nSPS) is 11.5. The molecule has 0 bridgehead atoms. The molecule has 0 saturated heterocycles. The van der Waals surface area contributed by atoms with Gasteiger partial charge in [-0.25, -0.2) is 0 Å². The predicted molar refractivity (Wildman–Crippen MR) is 201 cm³/mol. The minimum atomic E-state index is 0.733. The molecule has 0 unspecified atom stereocenters. The Morgan fingerprint density at radius 3 is 1.72 bits per heavy atom. The van der Waals surface area contributed by atoms with E-state index in [1.807, 2.05) is 18.2 Å². The second-order valence-electron chi connectivity index (χ2n) is 11.5. The highest BCUT2D eigenvalue weighted by Crippen LogP contribution is 2.48. The van der Waals surface area contributed by atoms with Gasteiger partial charge in [0.15, 0.2) is 5.58 Å². The van der Waals surface area contributed by atoms with Crippen molar-refractivity contribution >= 4 is 99.2 Å². The maximum absolute atomic E-state index is 7.35. The Morgan fingerprint density at radius 2 is 1.04 bits per heavy atom. The zero-order valence-corrected chi connectivity index (χ0v) is 26.7. The van der Waals surface area contributed by atoms with Gasteiger partial charge >= 0.3 is 0 Å². The van der Waals surface area contributed by atoms with Crippen LogP contribution in [0.2, 0.25) is 5.02 Å². The number of rotatable bonds is 6. The number of thiophene rings is 1. The summed E-state index contributed by atoms with van der Waals surface area (Å²) in [5.41, 5.74) is 7.66. The molecule has 47 heavy (non-hydrogen) atoms. The van der Waals surface area contributed by atoms with E-state index >= 15 is 0 Å². The lowest BCUT2D eigenvalue weighted by atomic mass is 10.1. The molecule has 0 aliphatic heterocycles. The number of hydrogen-bond acceptors (Lipinski definition) is 4. The van der Waals surface area contributed by atoms with E-state index < -0.39 is 0 Å².